The molecule has 0 atom stereocenters. The maximum atomic E-state index is 11.6. The SMILES string of the molecule is CC(C)(C)OC(=O)N(CC1CC1)C(N)=O. The molecule has 0 aromatic rings. The highest BCUT2D eigenvalue weighted by Crippen LogP contribution is 2.30. The minimum Gasteiger partial charge on any atom is -0.443 e. The highest BCUT2D eigenvalue weighted by atomic mass is 16.6. The van der Waals surface area contributed by atoms with E-state index in [1.165, 1.54) is 0 Å². The number of urea groups is 1. The average molecular weight is 214 g/mol. The van der Waals surface area contributed by atoms with Crippen molar-refractivity contribution in [1.82, 2.24) is 4.90 Å². The molecule has 0 unspecified atom stereocenters. The summed E-state index contributed by atoms with van der Waals surface area (Å²) in [5.74, 6) is 0.407. The van der Waals surface area contributed by atoms with E-state index in [4.69, 9.17) is 10.5 Å². The number of carbonyl (C=O) groups is 2. The number of amides is 3. The quantitative estimate of drug-likeness (QED) is 0.760. The van der Waals surface area contributed by atoms with Crippen molar-refractivity contribution in [2.24, 2.45) is 11.7 Å². The van der Waals surface area contributed by atoms with Gasteiger partial charge >= 0.3 is 12.1 Å². The van der Waals surface area contributed by atoms with Crippen molar-refractivity contribution in [3.63, 3.8) is 0 Å². The van der Waals surface area contributed by atoms with Gasteiger partial charge in [0.2, 0.25) is 0 Å². The van der Waals surface area contributed by atoms with Crippen molar-refractivity contribution < 1.29 is 14.3 Å². The molecule has 0 aromatic heterocycles. The van der Waals surface area contributed by atoms with Gasteiger partial charge in [-0.15, -0.1) is 0 Å². The minimum atomic E-state index is -0.740. The molecule has 5 nitrogen and oxygen atoms in total. The van der Waals surface area contributed by atoms with Crippen molar-refractivity contribution in [2.75, 3.05) is 6.54 Å². The summed E-state index contributed by atoms with van der Waals surface area (Å²) in [4.78, 5) is 23.6. The number of ether oxygens (including phenoxy) is 1. The monoisotopic (exact) mass is 214 g/mol. The number of imide groups is 1. The predicted molar refractivity (Wildman–Crippen MR) is 55.2 cm³/mol. The third kappa shape index (κ3) is 4.18. The number of nitrogens with two attached hydrogens (primary N) is 1. The topological polar surface area (TPSA) is 72.6 Å². The molecule has 0 aliphatic heterocycles. The zero-order valence-corrected chi connectivity index (χ0v) is 9.45. The van der Waals surface area contributed by atoms with E-state index in [2.05, 4.69) is 0 Å². The Kier molecular flexibility index (Phi) is 3.21. The molecule has 15 heavy (non-hydrogen) atoms. The highest BCUT2D eigenvalue weighted by molar-refractivity contribution is 5.90. The van der Waals surface area contributed by atoms with E-state index in [0.717, 1.165) is 17.7 Å². The first kappa shape index (κ1) is 11.8. The molecule has 1 rings (SSSR count). The van der Waals surface area contributed by atoms with Crippen molar-refractivity contribution >= 4 is 12.1 Å². The predicted octanol–water partition coefficient (Wildman–Crippen LogP) is 1.71. The van der Waals surface area contributed by atoms with Gasteiger partial charge in [0.25, 0.3) is 0 Å². The fraction of sp³-hybridized carbons (Fsp3) is 0.800. The first-order valence-corrected chi connectivity index (χ1v) is 5.09. The van der Waals surface area contributed by atoms with Gasteiger partial charge < -0.3 is 10.5 Å². The minimum absolute atomic E-state index is 0.379. The summed E-state index contributed by atoms with van der Waals surface area (Å²) in [6.45, 7) is 5.63. The van der Waals surface area contributed by atoms with Crippen LogP contribution in [-0.2, 0) is 4.74 Å². The van der Waals surface area contributed by atoms with Gasteiger partial charge in [-0.2, -0.15) is 0 Å². The van der Waals surface area contributed by atoms with Gasteiger partial charge in [0.05, 0.1) is 0 Å². The van der Waals surface area contributed by atoms with Gasteiger partial charge in [-0.3, -0.25) is 0 Å². The molecule has 1 saturated carbocycles. The summed E-state index contributed by atoms with van der Waals surface area (Å²) in [5, 5.41) is 0. The third-order valence-corrected chi connectivity index (χ3v) is 2.02. The van der Waals surface area contributed by atoms with Crippen LogP contribution < -0.4 is 5.73 Å². The number of hydrogen-bond acceptors (Lipinski definition) is 3. The van der Waals surface area contributed by atoms with E-state index in [1.807, 2.05) is 0 Å². The molecule has 0 saturated heterocycles. The Morgan fingerprint density at radius 3 is 2.27 bits per heavy atom. The van der Waals surface area contributed by atoms with Crippen LogP contribution in [0.5, 0.6) is 0 Å². The second-order valence-corrected chi connectivity index (χ2v) is 4.87. The molecule has 5 heteroatoms. The van der Waals surface area contributed by atoms with Crippen LogP contribution in [0.25, 0.3) is 0 Å². The van der Waals surface area contributed by atoms with E-state index >= 15 is 0 Å². The maximum Gasteiger partial charge on any atom is 0.418 e. The van der Waals surface area contributed by atoms with Gasteiger partial charge in [-0.1, -0.05) is 0 Å². The summed E-state index contributed by atoms with van der Waals surface area (Å²) in [7, 11) is 0. The van der Waals surface area contributed by atoms with Gasteiger partial charge in [0, 0.05) is 6.54 Å². The molecule has 2 N–H and O–H groups in total. The molecule has 3 amide bonds. The van der Waals surface area contributed by atoms with Gasteiger partial charge in [-0.25, -0.2) is 14.5 Å². The zero-order chi connectivity index (χ0) is 11.6. The summed E-state index contributed by atoms with van der Waals surface area (Å²) in [5.41, 5.74) is 4.52. The van der Waals surface area contributed by atoms with Gasteiger partial charge in [0.15, 0.2) is 0 Å². The molecule has 1 aliphatic rings. The number of carbonyl (C=O) groups excluding carboxylic acids is 2. The highest BCUT2D eigenvalue weighted by Gasteiger charge is 2.32. The molecular formula is C10H18N2O3. The summed E-state index contributed by atoms with van der Waals surface area (Å²) in [6, 6.07) is -0.740. The van der Waals surface area contributed by atoms with E-state index < -0.39 is 17.7 Å². The normalized spacial score (nSPS) is 15.9. The summed E-state index contributed by atoms with van der Waals surface area (Å²) < 4.78 is 5.08. The van der Waals surface area contributed by atoms with Crippen LogP contribution in [0.15, 0.2) is 0 Å². The van der Waals surface area contributed by atoms with Crippen molar-refractivity contribution in [3.05, 3.63) is 0 Å². The molecule has 1 fully saturated rings. The van der Waals surface area contributed by atoms with Crippen LogP contribution in [0.3, 0.4) is 0 Å². The molecule has 0 bridgehead atoms. The lowest BCUT2D eigenvalue weighted by Crippen LogP contribution is -2.44. The maximum absolute atomic E-state index is 11.6. The Morgan fingerprint density at radius 1 is 1.40 bits per heavy atom. The van der Waals surface area contributed by atoms with Crippen LogP contribution >= 0.6 is 0 Å². The largest absolute Gasteiger partial charge is 0.443 e. The molecule has 86 valence electrons. The average Bonchev–Trinajstić information content (AvgIpc) is 2.78. The Labute approximate surface area is 89.6 Å². The van der Waals surface area contributed by atoms with Crippen LogP contribution in [-0.4, -0.2) is 29.2 Å². The second-order valence-electron chi connectivity index (χ2n) is 4.87. The van der Waals surface area contributed by atoms with Crippen molar-refractivity contribution in [2.45, 2.75) is 39.2 Å². The standard InChI is InChI=1S/C10H18N2O3/c1-10(2,3)15-9(14)12(8(11)13)6-7-4-5-7/h7H,4-6H2,1-3H3,(H2,11,13). The number of rotatable bonds is 2. The first-order chi connectivity index (χ1) is 6.79. The van der Waals surface area contributed by atoms with Crippen LogP contribution in [0.2, 0.25) is 0 Å². The van der Waals surface area contributed by atoms with Crippen molar-refractivity contribution in [1.29, 1.82) is 0 Å². The molecular weight excluding hydrogens is 196 g/mol. The van der Waals surface area contributed by atoms with E-state index in [9.17, 15) is 9.59 Å². The third-order valence-electron chi connectivity index (χ3n) is 2.02. The fourth-order valence-corrected chi connectivity index (χ4v) is 1.13. The molecule has 0 aromatic carbocycles. The smallest absolute Gasteiger partial charge is 0.418 e. The molecule has 0 radical (unpaired) electrons. The second kappa shape index (κ2) is 4.08. The Balaban J connectivity index is 2.54. The summed E-state index contributed by atoms with van der Waals surface area (Å²) >= 11 is 0. The Hall–Kier alpha value is -1.26. The Morgan fingerprint density at radius 2 is 1.93 bits per heavy atom. The first-order valence-electron chi connectivity index (χ1n) is 5.09. The van der Waals surface area contributed by atoms with Gasteiger partial charge in [-0.05, 0) is 39.5 Å². The molecule has 1 aliphatic carbocycles. The number of nitrogens with zero attached hydrogens (tertiary/aromatic N) is 1. The molecule has 0 spiro atoms. The van der Waals surface area contributed by atoms with Crippen LogP contribution in [0, 0.1) is 5.92 Å². The fourth-order valence-electron chi connectivity index (χ4n) is 1.13. The lowest BCUT2D eigenvalue weighted by Gasteiger charge is -2.24. The molecule has 0 heterocycles. The number of primary amides is 1. The van der Waals surface area contributed by atoms with E-state index in [1.54, 1.807) is 20.8 Å². The Bertz CT molecular complexity index is 266. The summed E-state index contributed by atoms with van der Waals surface area (Å²) in [6.07, 6.45) is 1.45. The lowest BCUT2D eigenvalue weighted by atomic mass is 10.2. The van der Waals surface area contributed by atoms with Crippen LogP contribution in [0.4, 0.5) is 9.59 Å². The van der Waals surface area contributed by atoms with E-state index in [0.29, 0.717) is 12.5 Å². The van der Waals surface area contributed by atoms with Crippen LogP contribution in [0.1, 0.15) is 33.6 Å². The van der Waals surface area contributed by atoms with E-state index in [-0.39, 0.29) is 0 Å². The van der Waals surface area contributed by atoms with Gasteiger partial charge in [0.1, 0.15) is 5.60 Å². The van der Waals surface area contributed by atoms with Crippen molar-refractivity contribution in [3.8, 4) is 0 Å². The lowest BCUT2D eigenvalue weighted by molar-refractivity contribution is 0.0322. The number of hydrogen-bond donors (Lipinski definition) is 1. The zero-order valence-electron chi connectivity index (χ0n) is 9.45.